The van der Waals surface area contributed by atoms with Gasteiger partial charge in [-0.05, 0) is 18.6 Å². The van der Waals surface area contributed by atoms with E-state index in [-0.39, 0.29) is 11.6 Å². The normalized spacial score (nSPS) is 11.5. The van der Waals surface area contributed by atoms with Crippen LogP contribution in [0, 0.1) is 0 Å². The minimum absolute atomic E-state index is 0.00438. The maximum absolute atomic E-state index is 12.7. The maximum atomic E-state index is 12.7. The first kappa shape index (κ1) is 17.6. The Morgan fingerprint density at radius 2 is 1.67 bits per heavy atom. The number of nitrogens with two attached hydrogens (primary N) is 1. The van der Waals surface area contributed by atoms with Gasteiger partial charge in [-0.2, -0.15) is 13.2 Å². The summed E-state index contributed by atoms with van der Waals surface area (Å²) in [4.78, 5) is 3.97. The molecular formula is C14H23F3N4. The summed E-state index contributed by atoms with van der Waals surface area (Å²) in [6.07, 6.45) is 2.35. The number of alkyl halides is 3. The summed E-state index contributed by atoms with van der Waals surface area (Å²) in [5.74, 6) is 5.33. The van der Waals surface area contributed by atoms with Gasteiger partial charge >= 0.3 is 6.18 Å². The lowest BCUT2D eigenvalue weighted by molar-refractivity contribution is -0.137. The van der Waals surface area contributed by atoms with E-state index in [2.05, 4.69) is 22.7 Å². The number of nitrogens with zero attached hydrogens (tertiary/aromatic N) is 1. The van der Waals surface area contributed by atoms with Crippen LogP contribution in [-0.2, 0) is 6.18 Å². The number of nitrogen functional groups attached to an aromatic ring is 1. The van der Waals surface area contributed by atoms with Gasteiger partial charge in [0.15, 0.2) is 0 Å². The van der Waals surface area contributed by atoms with Gasteiger partial charge < -0.3 is 10.7 Å². The van der Waals surface area contributed by atoms with E-state index < -0.39 is 11.7 Å². The Balaban J connectivity index is 2.47. The lowest BCUT2D eigenvalue weighted by Gasteiger charge is -2.12. The van der Waals surface area contributed by atoms with E-state index >= 15 is 0 Å². The zero-order valence-corrected chi connectivity index (χ0v) is 12.3. The summed E-state index contributed by atoms with van der Waals surface area (Å²) in [6, 6.07) is 1.88. The zero-order valence-electron chi connectivity index (χ0n) is 12.3. The highest BCUT2D eigenvalue weighted by molar-refractivity contribution is 5.49. The second-order valence-corrected chi connectivity index (χ2v) is 4.96. The Hall–Kier alpha value is -1.50. The first-order valence-corrected chi connectivity index (χ1v) is 7.27. The molecule has 0 aliphatic heterocycles. The molecule has 0 unspecified atom stereocenters. The number of anilines is 2. The third-order valence-corrected chi connectivity index (χ3v) is 3.14. The number of aromatic nitrogens is 1. The van der Waals surface area contributed by atoms with Crippen LogP contribution in [0.15, 0.2) is 12.1 Å². The molecule has 0 spiro atoms. The number of hydrogen-bond acceptors (Lipinski definition) is 4. The Morgan fingerprint density at radius 3 is 2.29 bits per heavy atom. The molecule has 4 nitrogen and oxygen atoms in total. The molecule has 0 saturated heterocycles. The van der Waals surface area contributed by atoms with E-state index in [9.17, 15) is 13.2 Å². The van der Waals surface area contributed by atoms with Crippen molar-refractivity contribution in [2.45, 2.75) is 51.6 Å². The van der Waals surface area contributed by atoms with E-state index in [0.29, 0.717) is 6.54 Å². The highest BCUT2D eigenvalue weighted by atomic mass is 19.4. The third kappa shape index (κ3) is 6.66. The Kier molecular flexibility index (Phi) is 7.28. The van der Waals surface area contributed by atoms with Gasteiger partial charge in [0.2, 0.25) is 0 Å². The van der Waals surface area contributed by atoms with Crippen molar-refractivity contribution in [2.75, 3.05) is 17.3 Å². The molecular weight excluding hydrogens is 281 g/mol. The molecule has 21 heavy (non-hydrogen) atoms. The largest absolute Gasteiger partial charge is 0.416 e. The van der Waals surface area contributed by atoms with Crippen molar-refractivity contribution in [3.8, 4) is 0 Å². The van der Waals surface area contributed by atoms with Gasteiger partial charge in [-0.1, -0.05) is 39.0 Å². The summed E-state index contributed by atoms with van der Waals surface area (Å²) in [6.45, 7) is 2.76. The van der Waals surface area contributed by atoms with Gasteiger partial charge in [0.05, 0.1) is 5.56 Å². The van der Waals surface area contributed by atoms with Crippen LogP contribution in [0.2, 0.25) is 0 Å². The minimum Gasteiger partial charge on any atom is -0.370 e. The number of pyridine rings is 1. The first-order valence-electron chi connectivity index (χ1n) is 7.27. The van der Waals surface area contributed by atoms with Crippen LogP contribution in [0.1, 0.15) is 51.0 Å². The maximum Gasteiger partial charge on any atom is 0.416 e. The summed E-state index contributed by atoms with van der Waals surface area (Å²) in [7, 11) is 0. The fraction of sp³-hybridized carbons (Fsp3) is 0.643. The molecule has 1 aromatic heterocycles. The summed E-state index contributed by atoms with van der Waals surface area (Å²) < 4.78 is 38.2. The second kappa shape index (κ2) is 8.71. The molecule has 1 heterocycles. The van der Waals surface area contributed by atoms with Crippen LogP contribution in [-0.4, -0.2) is 11.5 Å². The van der Waals surface area contributed by atoms with Crippen molar-refractivity contribution in [1.82, 2.24) is 4.98 Å². The average Bonchev–Trinajstić information content (AvgIpc) is 2.45. The number of rotatable bonds is 9. The highest BCUT2D eigenvalue weighted by Gasteiger charge is 2.31. The van der Waals surface area contributed by atoms with Gasteiger partial charge in [-0.15, -0.1) is 0 Å². The monoisotopic (exact) mass is 304 g/mol. The fourth-order valence-electron chi connectivity index (χ4n) is 1.98. The molecule has 7 heteroatoms. The molecule has 120 valence electrons. The van der Waals surface area contributed by atoms with E-state index in [1.807, 2.05) is 0 Å². The summed E-state index contributed by atoms with van der Waals surface area (Å²) in [5, 5.41) is 2.92. The second-order valence-electron chi connectivity index (χ2n) is 4.96. The molecule has 0 bridgehead atoms. The Labute approximate surface area is 123 Å². The van der Waals surface area contributed by atoms with Crippen LogP contribution >= 0.6 is 0 Å². The lowest BCUT2D eigenvalue weighted by Crippen LogP contribution is -2.14. The highest BCUT2D eigenvalue weighted by Crippen LogP contribution is 2.31. The molecule has 1 aromatic rings. The van der Waals surface area contributed by atoms with E-state index in [1.54, 1.807) is 0 Å². The van der Waals surface area contributed by atoms with E-state index in [1.165, 1.54) is 19.3 Å². The molecule has 0 aromatic carbocycles. The molecule has 0 aliphatic rings. The topological polar surface area (TPSA) is 63.0 Å². The molecule has 4 N–H and O–H groups in total. The summed E-state index contributed by atoms with van der Waals surface area (Å²) >= 11 is 0. The first-order chi connectivity index (χ1) is 9.97. The van der Waals surface area contributed by atoms with Crippen molar-refractivity contribution in [1.29, 1.82) is 0 Å². The SMILES string of the molecule is CCCCCCCCNc1cc(C(F)(F)F)cc(NN)n1. The Morgan fingerprint density at radius 1 is 1.05 bits per heavy atom. The molecule has 0 saturated carbocycles. The van der Waals surface area contributed by atoms with Crippen LogP contribution in [0.25, 0.3) is 0 Å². The fourth-order valence-corrected chi connectivity index (χ4v) is 1.98. The lowest BCUT2D eigenvalue weighted by atomic mass is 10.1. The average molecular weight is 304 g/mol. The minimum atomic E-state index is -4.41. The van der Waals surface area contributed by atoms with Gasteiger partial charge in [0.1, 0.15) is 11.6 Å². The molecule has 0 aliphatic carbocycles. The molecule has 1 rings (SSSR count). The van der Waals surface area contributed by atoms with Gasteiger partial charge in [0, 0.05) is 6.54 Å². The summed E-state index contributed by atoms with van der Waals surface area (Å²) in [5.41, 5.74) is 1.39. The standard InChI is InChI=1S/C14H23F3N4/c1-2-3-4-5-6-7-8-19-12-9-11(14(15,16)17)10-13(20-12)21-18/h9-10H,2-8,18H2,1H3,(H2,19,20,21). The number of hydrazine groups is 1. The molecule has 0 atom stereocenters. The number of hydrogen-bond donors (Lipinski definition) is 3. The molecule has 0 fully saturated rings. The van der Waals surface area contributed by atoms with Crippen molar-refractivity contribution in [3.05, 3.63) is 17.7 Å². The van der Waals surface area contributed by atoms with Crippen LogP contribution < -0.4 is 16.6 Å². The molecule has 0 radical (unpaired) electrons. The van der Waals surface area contributed by atoms with E-state index in [0.717, 1.165) is 31.4 Å². The third-order valence-electron chi connectivity index (χ3n) is 3.14. The van der Waals surface area contributed by atoms with E-state index in [4.69, 9.17) is 5.84 Å². The van der Waals surface area contributed by atoms with Crippen molar-refractivity contribution >= 4 is 11.6 Å². The predicted octanol–water partition coefficient (Wildman–Crippen LogP) is 4.16. The van der Waals surface area contributed by atoms with Gasteiger partial charge in [-0.3, -0.25) is 0 Å². The van der Waals surface area contributed by atoms with Crippen molar-refractivity contribution in [2.24, 2.45) is 5.84 Å². The molecule has 0 amide bonds. The van der Waals surface area contributed by atoms with Crippen LogP contribution in [0.4, 0.5) is 24.8 Å². The predicted molar refractivity (Wildman–Crippen MR) is 78.9 cm³/mol. The van der Waals surface area contributed by atoms with Crippen LogP contribution in [0.3, 0.4) is 0 Å². The van der Waals surface area contributed by atoms with Gasteiger partial charge in [0.25, 0.3) is 0 Å². The van der Waals surface area contributed by atoms with Gasteiger partial charge in [-0.25, -0.2) is 10.8 Å². The number of unbranched alkanes of at least 4 members (excludes halogenated alkanes) is 5. The Bertz CT molecular complexity index is 421. The van der Waals surface area contributed by atoms with Crippen molar-refractivity contribution in [3.63, 3.8) is 0 Å². The smallest absolute Gasteiger partial charge is 0.370 e. The number of halogens is 3. The zero-order chi connectivity index (χ0) is 15.7. The quantitative estimate of drug-likeness (QED) is 0.364. The number of nitrogens with one attached hydrogen (secondary N) is 2. The van der Waals surface area contributed by atoms with Crippen molar-refractivity contribution < 1.29 is 13.2 Å². The van der Waals surface area contributed by atoms with Crippen LogP contribution in [0.5, 0.6) is 0 Å².